The molecule has 23 heavy (non-hydrogen) atoms. The predicted molar refractivity (Wildman–Crippen MR) is 92.1 cm³/mol. The van der Waals surface area contributed by atoms with E-state index in [0.29, 0.717) is 16.7 Å². The van der Waals surface area contributed by atoms with Gasteiger partial charge in [0.05, 0.1) is 17.1 Å². The first-order chi connectivity index (χ1) is 10.8. The summed E-state index contributed by atoms with van der Waals surface area (Å²) in [4.78, 5) is 12.3. The summed E-state index contributed by atoms with van der Waals surface area (Å²) in [6.07, 6.45) is 0.194. The van der Waals surface area contributed by atoms with Gasteiger partial charge < -0.3 is 4.74 Å². The number of carbonyl (C=O) groups is 1. The maximum absolute atomic E-state index is 12.3. The number of ether oxygens (including phenoxy) is 1. The Hall–Kier alpha value is -1.81. The molecule has 4 nitrogen and oxygen atoms in total. The molecule has 1 aromatic heterocycles. The normalized spacial score (nSPS) is 11.1. The molecule has 0 aliphatic rings. The summed E-state index contributed by atoms with van der Waals surface area (Å²) in [5.41, 5.74) is 3.81. The standard InChI is InChI=1S/C18H23ClN2O2/c1-11(2)10-21-14(5)15(13(4)20-21)9-18(22)23-17-8-12(3)6-7-16(17)19/h6-8,11H,9-10H2,1-5H3. The maximum atomic E-state index is 12.3. The highest BCUT2D eigenvalue weighted by molar-refractivity contribution is 6.32. The molecular formula is C18H23ClN2O2. The molecule has 0 aliphatic carbocycles. The van der Waals surface area contributed by atoms with Crippen LogP contribution >= 0.6 is 11.6 Å². The van der Waals surface area contributed by atoms with E-state index in [1.165, 1.54) is 0 Å². The van der Waals surface area contributed by atoms with Crippen molar-refractivity contribution in [3.63, 3.8) is 0 Å². The highest BCUT2D eigenvalue weighted by Crippen LogP contribution is 2.26. The van der Waals surface area contributed by atoms with Gasteiger partial charge in [-0.2, -0.15) is 5.10 Å². The van der Waals surface area contributed by atoms with Crippen molar-refractivity contribution in [2.45, 2.75) is 47.6 Å². The Morgan fingerprint density at radius 1 is 1.30 bits per heavy atom. The van der Waals surface area contributed by atoms with Gasteiger partial charge in [0.15, 0.2) is 0 Å². The third-order valence-corrected chi connectivity index (χ3v) is 4.01. The van der Waals surface area contributed by atoms with E-state index in [9.17, 15) is 4.79 Å². The number of hydrogen-bond acceptors (Lipinski definition) is 3. The molecule has 0 saturated heterocycles. The van der Waals surface area contributed by atoms with Crippen molar-refractivity contribution in [3.05, 3.63) is 45.7 Å². The minimum atomic E-state index is -0.326. The molecule has 124 valence electrons. The fourth-order valence-electron chi connectivity index (χ4n) is 2.51. The summed E-state index contributed by atoms with van der Waals surface area (Å²) < 4.78 is 7.38. The third kappa shape index (κ3) is 4.35. The molecule has 0 fully saturated rings. The van der Waals surface area contributed by atoms with E-state index < -0.39 is 0 Å². The first kappa shape index (κ1) is 17.5. The van der Waals surface area contributed by atoms with E-state index in [4.69, 9.17) is 16.3 Å². The van der Waals surface area contributed by atoms with Crippen molar-refractivity contribution in [2.75, 3.05) is 0 Å². The van der Waals surface area contributed by atoms with Crippen LogP contribution < -0.4 is 4.74 Å². The monoisotopic (exact) mass is 334 g/mol. The van der Waals surface area contributed by atoms with Gasteiger partial charge in [0, 0.05) is 17.8 Å². The Morgan fingerprint density at radius 3 is 2.65 bits per heavy atom. The van der Waals surface area contributed by atoms with Gasteiger partial charge in [-0.1, -0.05) is 31.5 Å². The molecule has 2 rings (SSSR count). The minimum Gasteiger partial charge on any atom is -0.425 e. The molecule has 0 amide bonds. The number of benzene rings is 1. The average Bonchev–Trinajstić information content (AvgIpc) is 2.70. The summed E-state index contributed by atoms with van der Waals surface area (Å²) in [5, 5.41) is 4.96. The van der Waals surface area contributed by atoms with Gasteiger partial charge in [-0.15, -0.1) is 0 Å². The number of hydrogen-bond donors (Lipinski definition) is 0. The van der Waals surface area contributed by atoms with E-state index in [1.54, 1.807) is 12.1 Å². The lowest BCUT2D eigenvalue weighted by atomic mass is 10.1. The summed E-state index contributed by atoms with van der Waals surface area (Å²) in [6, 6.07) is 5.38. The average molecular weight is 335 g/mol. The summed E-state index contributed by atoms with van der Waals surface area (Å²) >= 11 is 6.07. The largest absolute Gasteiger partial charge is 0.425 e. The Labute approximate surface area is 142 Å². The van der Waals surface area contributed by atoms with E-state index in [0.717, 1.165) is 29.1 Å². The van der Waals surface area contributed by atoms with Crippen LogP contribution in [0.25, 0.3) is 0 Å². The highest BCUT2D eigenvalue weighted by Gasteiger charge is 2.17. The number of esters is 1. The van der Waals surface area contributed by atoms with Gasteiger partial charge in [-0.3, -0.25) is 9.48 Å². The zero-order chi connectivity index (χ0) is 17.1. The number of carbonyl (C=O) groups excluding carboxylic acids is 1. The number of nitrogens with zero attached hydrogens (tertiary/aromatic N) is 2. The Morgan fingerprint density at radius 2 is 2.00 bits per heavy atom. The summed E-state index contributed by atoms with van der Waals surface area (Å²) in [5.74, 6) is 0.577. The molecule has 0 aliphatic heterocycles. The van der Waals surface area contributed by atoms with Crippen molar-refractivity contribution in [2.24, 2.45) is 5.92 Å². The van der Waals surface area contributed by atoms with E-state index in [1.807, 2.05) is 31.5 Å². The van der Waals surface area contributed by atoms with Crippen molar-refractivity contribution < 1.29 is 9.53 Å². The lowest BCUT2D eigenvalue weighted by molar-refractivity contribution is -0.133. The van der Waals surface area contributed by atoms with E-state index >= 15 is 0 Å². The summed E-state index contributed by atoms with van der Waals surface area (Å²) in [7, 11) is 0. The van der Waals surface area contributed by atoms with Crippen LogP contribution in [0.1, 0.15) is 36.4 Å². The molecule has 0 atom stereocenters. The second kappa shape index (κ2) is 7.18. The second-order valence-electron chi connectivity index (χ2n) is 6.31. The topological polar surface area (TPSA) is 44.1 Å². The van der Waals surface area contributed by atoms with Gasteiger partial charge in [0.2, 0.25) is 0 Å². The zero-order valence-electron chi connectivity index (χ0n) is 14.3. The van der Waals surface area contributed by atoms with Crippen molar-refractivity contribution in [3.8, 4) is 5.75 Å². The highest BCUT2D eigenvalue weighted by atomic mass is 35.5. The minimum absolute atomic E-state index is 0.194. The zero-order valence-corrected chi connectivity index (χ0v) is 15.1. The van der Waals surface area contributed by atoms with Gasteiger partial charge in [0.1, 0.15) is 5.75 Å². The fourth-order valence-corrected chi connectivity index (χ4v) is 2.66. The third-order valence-electron chi connectivity index (χ3n) is 3.70. The predicted octanol–water partition coefficient (Wildman–Crippen LogP) is 4.27. The molecular weight excluding hydrogens is 312 g/mol. The van der Waals surface area contributed by atoms with Crippen molar-refractivity contribution >= 4 is 17.6 Å². The molecule has 1 heterocycles. The van der Waals surface area contributed by atoms with Crippen LogP contribution in [0.15, 0.2) is 18.2 Å². The van der Waals surface area contributed by atoms with Crippen LogP contribution in [-0.4, -0.2) is 15.7 Å². The van der Waals surface area contributed by atoms with Crippen LogP contribution in [0, 0.1) is 26.7 Å². The fraction of sp³-hybridized carbons (Fsp3) is 0.444. The number of aromatic nitrogens is 2. The molecule has 0 unspecified atom stereocenters. The molecule has 2 aromatic rings. The number of rotatable bonds is 5. The van der Waals surface area contributed by atoms with Gasteiger partial charge in [-0.25, -0.2) is 0 Å². The molecule has 0 spiro atoms. The van der Waals surface area contributed by atoms with Crippen molar-refractivity contribution in [1.82, 2.24) is 9.78 Å². The molecule has 1 aromatic carbocycles. The Balaban J connectivity index is 2.14. The Kier molecular flexibility index (Phi) is 5.47. The van der Waals surface area contributed by atoms with Crippen LogP contribution in [0.2, 0.25) is 5.02 Å². The number of aryl methyl sites for hydroxylation is 2. The van der Waals surface area contributed by atoms with Gasteiger partial charge >= 0.3 is 5.97 Å². The smallest absolute Gasteiger partial charge is 0.315 e. The molecule has 0 radical (unpaired) electrons. The maximum Gasteiger partial charge on any atom is 0.315 e. The Bertz CT molecular complexity index is 720. The summed E-state index contributed by atoms with van der Waals surface area (Å²) in [6.45, 7) is 11.0. The van der Waals surface area contributed by atoms with Crippen LogP contribution in [0.3, 0.4) is 0 Å². The van der Waals surface area contributed by atoms with E-state index in [2.05, 4.69) is 18.9 Å². The second-order valence-corrected chi connectivity index (χ2v) is 6.72. The molecule has 0 N–H and O–H groups in total. The van der Waals surface area contributed by atoms with E-state index in [-0.39, 0.29) is 12.4 Å². The lowest BCUT2D eigenvalue weighted by Crippen LogP contribution is -2.13. The molecule has 0 bridgehead atoms. The van der Waals surface area contributed by atoms with Crippen LogP contribution in [0.4, 0.5) is 0 Å². The number of halogens is 1. The van der Waals surface area contributed by atoms with Crippen LogP contribution in [-0.2, 0) is 17.8 Å². The lowest BCUT2D eigenvalue weighted by Gasteiger charge is -2.09. The SMILES string of the molecule is Cc1ccc(Cl)c(OC(=O)Cc2c(C)nn(CC(C)C)c2C)c1. The molecule has 0 saturated carbocycles. The van der Waals surface area contributed by atoms with Crippen LogP contribution in [0.5, 0.6) is 5.75 Å². The quantitative estimate of drug-likeness (QED) is 0.606. The molecule has 5 heteroatoms. The van der Waals surface area contributed by atoms with Crippen molar-refractivity contribution in [1.29, 1.82) is 0 Å². The van der Waals surface area contributed by atoms with Gasteiger partial charge in [-0.05, 0) is 44.4 Å². The first-order valence-corrected chi connectivity index (χ1v) is 8.15. The van der Waals surface area contributed by atoms with Gasteiger partial charge in [0.25, 0.3) is 0 Å². The first-order valence-electron chi connectivity index (χ1n) is 7.77.